The minimum atomic E-state index is -2.36. The van der Waals surface area contributed by atoms with Crippen molar-refractivity contribution in [1.82, 2.24) is 15.0 Å². The Bertz CT molecular complexity index is 429. The van der Waals surface area contributed by atoms with Gasteiger partial charge >= 0.3 is 141 Å². The first-order valence-electron chi connectivity index (χ1n) is 9.53. The number of aromatic nitrogens is 3. The van der Waals surface area contributed by atoms with Crippen molar-refractivity contribution in [1.29, 1.82) is 0 Å². The monoisotopic (exact) mass is 413 g/mol. The molecular formula is C18H35N3Sn. The maximum absolute atomic E-state index is 4.56. The Morgan fingerprint density at radius 2 is 1.50 bits per heavy atom. The Kier molecular flexibility index (Phi) is 6.78. The van der Waals surface area contributed by atoms with Gasteiger partial charge in [0.2, 0.25) is 0 Å². The van der Waals surface area contributed by atoms with Gasteiger partial charge in [-0.15, -0.1) is 0 Å². The zero-order valence-electron chi connectivity index (χ0n) is 15.2. The molecule has 1 aliphatic carbocycles. The summed E-state index contributed by atoms with van der Waals surface area (Å²) in [5.41, 5.74) is 0.304. The predicted molar refractivity (Wildman–Crippen MR) is 97.4 cm³/mol. The summed E-state index contributed by atoms with van der Waals surface area (Å²) in [6.07, 6.45) is 13.0. The van der Waals surface area contributed by atoms with Crippen molar-refractivity contribution in [2.24, 2.45) is 0 Å². The third-order valence-electron chi connectivity index (χ3n) is 5.60. The number of hydrogen-bond donors (Lipinski definition) is 0. The van der Waals surface area contributed by atoms with Crippen LogP contribution < -0.4 is 3.71 Å². The van der Waals surface area contributed by atoms with Crippen LogP contribution in [0.15, 0.2) is 6.20 Å². The molecule has 0 saturated heterocycles. The fourth-order valence-corrected chi connectivity index (χ4v) is 20.0. The molecule has 1 aromatic heterocycles. The topological polar surface area (TPSA) is 30.7 Å². The van der Waals surface area contributed by atoms with E-state index in [0.29, 0.717) is 5.54 Å². The van der Waals surface area contributed by atoms with Gasteiger partial charge < -0.3 is 0 Å². The van der Waals surface area contributed by atoms with Gasteiger partial charge in [-0.2, -0.15) is 0 Å². The van der Waals surface area contributed by atoms with Crippen LogP contribution in [0, 0.1) is 0 Å². The number of unbranched alkanes of at least 4 members (excludes halogenated alkanes) is 3. The van der Waals surface area contributed by atoms with E-state index >= 15 is 0 Å². The third-order valence-corrected chi connectivity index (χ3v) is 20.9. The summed E-state index contributed by atoms with van der Waals surface area (Å²) in [7, 11) is 0. The summed E-state index contributed by atoms with van der Waals surface area (Å²) < 4.78 is 8.56. The Hall–Kier alpha value is -0.0613. The number of hydrogen-bond acceptors (Lipinski definition) is 2. The SMILES string of the molecule is CCC[CH2][Sn]([CH2]CCC)([CH2]CCC)[c]1cnnn1C1(C)CC1. The van der Waals surface area contributed by atoms with Crippen LogP contribution in [0.5, 0.6) is 0 Å². The van der Waals surface area contributed by atoms with E-state index < -0.39 is 18.4 Å². The molecule has 0 aliphatic heterocycles. The van der Waals surface area contributed by atoms with Gasteiger partial charge in [0.1, 0.15) is 0 Å². The van der Waals surface area contributed by atoms with Crippen LogP contribution in [0.4, 0.5) is 0 Å². The molecule has 3 nitrogen and oxygen atoms in total. The summed E-state index contributed by atoms with van der Waals surface area (Å²) in [5.74, 6) is 0. The maximum atomic E-state index is 4.56. The molecule has 0 N–H and O–H groups in total. The summed E-state index contributed by atoms with van der Waals surface area (Å²) in [5, 5.41) is 8.94. The Morgan fingerprint density at radius 1 is 1.00 bits per heavy atom. The third kappa shape index (κ3) is 4.07. The predicted octanol–water partition coefficient (Wildman–Crippen LogP) is 4.84. The van der Waals surface area contributed by atoms with E-state index in [2.05, 4.69) is 48.9 Å². The summed E-state index contributed by atoms with van der Waals surface area (Å²) in [6, 6.07) is 0. The first-order chi connectivity index (χ1) is 10.6. The van der Waals surface area contributed by atoms with E-state index in [1.807, 2.05) is 0 Å². The molecule has 1 heterocycles. The van der Waals surface area contributed by atoms with Crippen LogP contribution in [0.1, 0.15) is 79.1 Å². The van der Waals surface area contributed by atoms with Gasteiger partial charge in [-0.1, -0.05) is 0 Å². The molecule has 0 unspecified atom stereocenters. The Morgan fingerprint density at radius 3 is 1.91 bits per heavy atom. The van der Waals surface area contributed by atoms with E-state index in [9.17, 15) is 0 Å². The molecule has 126 valence electrons. The van der Waals surface area contributed by atoms with Gasteiger partial charge in [0.25, 0.3) is 0 Å². The molecule has 0 aromatic carbocycles. The van der Waals surface area contributed by atoms with Gasteiger partial charge in [-0.25, -0.2) is 0 Å². The second-order valence-corrected chi connectivity index (χ2v) is 20.7. The van der Waals surface area contributed by atoms with E-state index in [0.717, 1.165) is 0 Å². The molecule has 0 radical (unpaired) electrons. The van der Waals surface area contributed by atoms with Crippen LogP contribution >= 0.6 is 0 Å². The average molecular weight is 412 g/mol. The standard InChI is InChI=1S/C6H8N3.3C4H9.Sn/c1-6(2-3-6)9-5-4-7-8-9;3*1-3-4-2;/h4H,2-3H2,1H3;3*1,3-4H2,2H3;. The van der Waals surface area contributed by atoms with Gasteiger partial charge in [-0.3, -0.25) is 0 Å². The van der Waals surface area contributed by atoms with Crippen LogP contribution in [-0.4, -0.2) is 33.4 Å². The molecule has 1 saturated carbocycles. The average Bonchev–Trinajstić information content (AvgIpc) is 3.07. The van der Waals surface area contributed by atoms with E-state index in [1.54, 1.807) is 3.71 Å². The van der Waals surface area contributed by atoms with E-state index in [4.69, 9.17) is 0 Å². The van der Waals surface area contributed by atoms with Gasteiger partial charge in [0.15, 0.2) is 0 Å². The summed E-state index contributed by atoms with van der Waals surface area (Å²) in [4.78, 5) is 0. The van der Waals surface area contributed by atoms with Crippen molar-refractivity contribution in [3.05, 3.63) is 6.20 Å². The molecular weight excluding hydrogens is 377 g/mol. The van der Waals surface area contributed by atoms with Crippen LogP contribution in [0.3, 0.4) is 0 Å². The fourth-order valence-electron chi connectivity index (χ4n) is 3.69. The fraction of sp³-hybridized carbons (Fsp3) is 0.889. The summed E-state index contributed by atoms with van der Waals surface area (Å²) in [6.45, 7) is 9.40. The van der Waals surface area contributed by atoms with Crippen LogP contribution in [0.25, 0.3) is 0 Å². The number of nitrogens with zero attached hydrogens (tertiary/aromatic N) is 3. The van der Waals surface area contributed by atoms with Crippen molar-refractivity contribution in [2.45, 2.75) is 97.9 Å². The van der Waals surface area contributed by atoms with Crippen molar-refractivity contribution < 1.29 is 0 Å². The minimum absolute atomic E-state index is 0.304. The van der Waals surface area contributed by atoms with Crippen LogP contribution in [-0.2, 0) is 5.54 Å². The first kappa shape index (κ1) is 18.3. The van der Waals surface area contributed by atoms with Crippen molar-refractivity contribution in [3.63, 3.8) is 0 Å². The molecule has 0 atom stereocenters. The molecule has 4 heteroatoms. The molecule has 0 spiro atoms. The quantitative estimate of drug-likeness (QED) is 0.487. The zero-order chi connectivity index (χ0) is 16.1. The second-order valence-electron chi connectivity index (χ2n) is 7.62. The molecule has 0 amide bonds. The van der Waals surface area contributed by atoms with Gasteiger partial charge in [0, 0.05) is 0 Å². The normalized spacial score (nSPS) is 16.9. The molecule has 2 rings (SSSR count). The Balaban J connectivity index is 2.33. The van der Waals surface area contributed by atoms with E-state index in [-0.39, 0.29) is 0 Å². The second kappa shape index (κ2) is 8.16. The van der Waals surface area contributed by atoms with Gasteiger partial charge in [0.05, 0.1) is 0 Å². The number of rotatable bonds is 11. The molecule has 0 bridgehead atoms. The Labute approximate surface area is 141 Å². The molecule has 1 aliphatic rings. The van der Waals surface area contributed by atoms with Crippen molar-refractivity contribution >= 4 is 22.1 Å². The first-order valence-corrected chi connectivity index (χ1v) is 17.0. The molecule has 1 fully saturated rings. The van der Waals surface area contributed by atoms with E-state index in [1.165, 1.54) is 64.7 Å². The van der Waals surface area contributed by atoms with Crippen LogP contribution in [0.2, 0.25) is 13.3 Å². The molecule has 22 heavy (non-hydrogen) atoms. The summed E-state index contributed by atoms with van der Waals surface area (Å²) >= 11 is -2.36. The van der Waals surface area contributed by atoms with Crippen molar-refractivity contribution in [2.75, 3.05) is 0 Å². The van der Waals surface area contributed by atoms with Crippen molar-refractivity contribution in [3.8, 4) is 0 Å². The molecule has 1 aromatic rings. The zero-order valence-corrected chi connectivity index (χ0v) is 18.1. The van der Waals surface area contributed by atoms with Gasteiger partial charge in [-0.05, 0) is 0 Å².